The summed E-state index contributed by atoms with van der Waals surface area (Å²) in [6, 6.07) is 0. The van der Waals surface area contributed by atoms with Crippen molar-refractivity contribution >= 4 is 11.8 Å². The molecule has 0 aromatic rings. The fraction of sp³-hybridized carbons (Fsp3) is 1.00. The van der Waals surface area contributed by atoms with Gasteiger partial charge >= 0.3 is 0 Å². The molecule has 1 atom stereocenters. The van der Waals surface area contributed by atoms with Crippen molar-refractivity contribution in [1.29, 1.82) is 0 Å². The van der Waals surface area contributed by atoms with Crippen molar-refractivity contribution in [2.24, 2.45) is 5.92 Å². The first kappa shape index (κ1) is 10.3. The molecule has 1 unspecified atom stereocenters. The lowest BCUT2D eigenvalue weighted by Crippen LogP contribution is -2.31. The first-order valence-corrected chi connectivity index (χ1v) is 5.77. The second-order valence-corrected chi connectivity index (χ2v) is 4.84. The molecule has 0 amide bonds. The number of rotatable bonds is 4. The van der Waals surface area contributed by atoms with Gasteiger partial charge in [-0.1, -0.05) is 6.92 Å². The maximum absolute atomic E-state index is 11.9. The number of piperidine rings is 1. The van der Waals surface area contributed by atoms with Crippen LogP contribution in [0.25, 0.3) is 0 Å². The highest BCUT2D eigenvalue weighted by atomic mass is 32.2. The highest BCUT2D eigenvalue weighted by Gasteiger charge is 2.19. The zero-order valence-electron chi connectivity index (χ0n) is 7.68. The van der Waals surface area contributed by atoms with Crippen LogP contribution in [0.3, 0.4) is 0 Å². The third-order valence-corrected chi connectivity index (χ3v) is 3.81. The molecular formula is C9H18FNS. The van der Waals surface area contributed by atoms with Crippen molar-refractivity contribution in [1.82, 2.24) is 5.32 Å². The Hall–Kier alpha value is 0.240. The Balaban J connectivity index is 2.15. The maximum Gasteiger partial charge on any atom is 0.0984 e. The molecule has 1 saturated heterocycles. The summed E-state index contributed by atoms with van der Waals surface area (Å²) in [4.78, 5) is 0. The minimum absolute atomic E-state index is 0.181. The smallest absolute Gasteiger partial charge is 0.0984 e. The summed E-state index contributed by atoms with van der Waals surface area (Å²) in [5, 5.41) is 3.98. The maximum atomic E-state index is 11.9. The van der Waals surface area contributed by atoms with E-state index in [9.17, 15) is 4.39 Å². The summed E-state index contributed by atoms with van der Waals surface area (Å²) in [6.07, 6.45) is 2.53. The van der Waals surface area contributed by atoms with E-state index in [1.54, 1.807) is 11.8 Å². The van der Waals surface area contributed by atoms with E-state index >= 15 is 0 Å². The molecule has 1 aliphatic heterocycles. The van der Waals surface area contributed by atoms with Gasteiger partial charge in [0.2, 0.25) is 0 Å². The summed E-state index contributed by atoms with van der Waals surface area (Å²) in [7, 11) is 0. The lowest BCUT2D eigenvalue weighted by molar-refractivity contribution is 0.372. The van der Waals surface area contributed by atoms with E-state index in [2.05, 4.69) is 12.2 Å². The van der Waals surface area contributed by atoms with Gasteiger partial charge in [-0.3, -0.25) is 4.39 Å². The van der Waals surface area contributed by atoms with Crippen LogP contribution in [0.4, 0.5) is 4.39 Å². The van der Waals surface area contributed by atoms with Gasteiger partial charge in [-0.25, -0.2) is 0 Å². The van der Waals surface area contributed by atoms with E-state index in [-0.39, 0.29) is 6.67 Å². The number of halogens is 1. The van der Waals surface area contributed by atoms with Crippen LogP contribution < -0.4 is 5.32 Å². The molecule has 3 heteroatoms. The number of alkyl halides is 1. The average molecular weight is 191 g/mol. The lowest BCUT2D eigenvalue weighted by Gasteiger charge is -2.27. The first-order valence-electron chi connectivity index (χ1n) is 4.73. The topological polar surface area (TPSA) is 12.0 Å². The van der Waals surface area contributed by atoms with Gasteiger partial charge in [0.25, 0.3) is 0 Å². The summed E-state index contributed by atoms with van der Waals surface area (Å²) in [5.41, 5.74) is 0. The first-order chi connectivity index (χ1) is 5.84. The SMILES string of the molecule is CC(SCCF)C1CCNCC1. The van der Waals surface area contributed by atoms with Crippen molar-refractivity contribution in [3.63, 3.8) is 0 Å². The summed E-state index contributed by atoms with van der Waals surface area (Å²) >= 11 is 1.78. The second-order valence-electron chi connectivity index (χ2n) is 3.35. The average Bonchev–Trinajstić information content (AvgIpc) is 2.15. The third kappa shape index (κ3) is 3.31. The predicted molar refractivity (Wildman–Crippen MR) is 53.5 cm³/mol. The van der Waals surface area contributed by atoms with E-state index in [0.29, 0.717) is 11.0 Å². The minimum atomic E-state index is -0.181. The van der Waals surface area contributed by atoms with E-state index in [4.69, 9.17) is 0 Å². The molecule has 1 rings (SSSR count). The van der Waals surface area contributed by atoms with Crippen LogP contribution in [0.1, 0.15) is 19.8 Å². The Morgan fingerprint density at radius 2 is 2.17 bits per heavy atom. The van der Waals surface area contributed by atoms with Gasteiger partial charge in [0.1, 0.15) is 0 Å². The number of thioether (sulfide) groups is 1. The van der Waals surface area contributed by atoms with Crippen LogP contribution >= 0.6 is 11.8 Å². The van der Waals surface area contributed by atoms with Crippen molar-refractivity contribution in [3.8, 4) is 0 Å². The Labute approximate surface area is 78.5 Å². The minimum Gasteiger partial charge on any atom is -0.317 e. The normalized spacial score (nSPS) is 22.5. The Kier molecular flexibility index (Phi) is 5.00. The standard InChI is InChI=1S/C9H18FNS/c1-8(12-7-4-10)9-2-5-11-6-3-9/h8-9,11H,2-7H2,1H3. The molecular weight excluding hydrogens is 173 g/mol. The highest BCUT2D eigenvalue weighted by molar-refractivity contribution is 7.99. The predicted octanol–water partition coefficient (Wildman–Crippen LogP) is 2.08. The van der Waals surface area contributed by atoms with E-state index in [1.165, 1.54) is 12.8 Å². The highest BCUT2D eigenvalue weighted by Crippen LogP contribution is 2.25. The molecule has 12 heavy (non-hydrogen) atoms. The molecule has 1 fully saturated rings. The zero-order chi connectivity index (χ0) is 8.81. The van der Waals surface area contributed by atoms with Crippen molar-refractivity contribution < 1.29 is 4.39 Å². The number of hydrogen-bond acceptors (Lipinski definition) is 2. The van der Waals surface area contributed by atoms with Gasteiger partial charge in [0.05, 0.1) is 6.67 Å². The van der Waals surface area contributed by atoms with Gasteiger partial charge < -0.3 is 5.32 Å². The Morgan fingerprint density at radius 1 is 1.50 bits per heavy atom. The molecule has 0 radical (unpaired) electrons. The van der Waals surface area contributed by atoms with Crippen LogP contribution in [0.2, 0.25) is 0 Å². The Bertz CT molecular complexity index is 115. The van der Waals surface area contributed by atoms with Crippen LogP contribution in [-0.4, -0.2) is 30.8 Å². The van der Waals surface area contributed by atoms with Crippen LogP contribution in [0, 0.1) is 5.92 Å². The van der Waals surface area contributed by atoms with E-state index < -0.39 is 0 Å². The summed E-state index contributed by atoms with van der Waals surface area (Å²) < 4.78 is 11.9. The van der Waals surface area contributed by atoms with E-state index in [1.807, 2.05) is 0 Å². The molecule has 0 aromatic heterocycles. The van der Waals surface area contributed by atoms with Crippen LogP contribution in [0.15, 0.2) is 0 Å². The third-order valence-electron chi connectivity index (χ3n) is 2.51. The van der Waals surface area contributed by atoms with E-state index in [0.717, 1.165) is 19.0 Å². The molecule has 1 N–H and O–H groups in total. The molecule has 72 valence electrons. The summed E-state index contributed by atoms with van der Waals surface area (Å²) in [6.45, 7) is 4.34. The quantitative estimate of drug-likeness (QED) is 0.730. The monoisotopic (exact) mass is 191 g/mol. The van der Waals surface area contributed by atoms with Gasteiger partial charge in [-0.15, -0.1) is 0 Å². The number of nitrogens with one attached hydrogen (secondary N) is 1. The molecule has 1 heterocycles. The fourth-order valence-corrected chi connectivity index (χ4v) is 2.69. The van der Waals surface area contributed by atoms with Crippen molar-refractivity contribution in [2.45, 2.75) is 25.0 Å². The van der Waals surface area contributed by atoms with Gasteiger partial charge in [0.15, 0.2) is 0 Å². The zero-order valence-corrected chi connectivity index (χ0v) is 8.50. The summed E-state index contributed by atoms with van der Waals surface area (Å²) in [5.74, 6) is 1.48. The largest absolute Gasteiger partial charge is 0.317 e. The van der Waals surface area contributed by atoms with Crippen molar-refractivity contribution in [3.05, 3.63) is 0 Å². The molecule has 0 aliphatic carbocycles. The molecule has 0 bridgehead atoms. The van der Waals surface area contributed by atoms with Gasteiger partial charge in [-0.05, 0) is 31.8 Å². The van der Waals surface area contributed by atoms with Crippen LogP contribution in [-0.2, 0) is 0 Å². The molecule has 0 spiro atoms. The van der Waals surface area contributed by atoms with Gasteiger partial charge in [0, 0.05) is 11.0 Å². The number of hydrogen-bond donors (Lipinski definition) is 1. The van der Waals surface area contributed by atoms with Gasteiger partial charge in [-0.2, -0.15) is 11.8 Å². The van der Waals surface area contributed by atoms with Crippen molar-refractivity contribution in [2.75, 3.05) is 25.5 Å². The fourth-order valence-electron chi connectivity index (χ4n) is 1.68. The molecule has 0 saturated carbocycles. The molecule has 0 aromatic carbocycles. The second kappa shape index (κ2) is 5.81. The molecule has 1 aliphatic rings. The lowest BCUT2D eigenvalue weighted by atomic mass is 9.95. The van der Waals surface area contributed by atoms with Crippen LogP contribution in [0.5, 0.6) is 0 Å². The molecule has 1 nitrogen and oxygen atoms in total. The Morgan fingerprint density at radius 3 is 2.75 bits per heavy atom.